The molecule has 2 aromatic heterocycles. The summed E-state index contributed by atoms with van der Waals surface area (Å²) in [5.74, 6) is 0.211. The Balaban J connectivity index is 1.54. The zero-order valence-electron chi connectivity index (χ0n) is 11.2. The summed E-state index contributed by atoms with van der Waals surface area (Å²) < 4.78 is 0. The maximum absolute atomic E-state index is 11.9. The fourth-order valence-electron chi connectivity index (χ4n) is 1.61. The van der Waals surface area contributed by atoms with Crippen molar-refractivity contribution in [3.63, 3.8) is 0 Å². The summed E-state index contributed by atoms with van der Waals surface area (Å²) in [7, 11) is 0. The standard InChI is InChI=1S/C14H10ClN3OS3/c15-10-1-3-11(4-2-10)21-8-12(19)16-14-18-17-13(22-14)9-5-6-20-7-9/h1-7H,8H2,(H,16,18,19). The maximum atomic E-state index is 11.9. The van der Waals surface area contributed by atoms with E-state index < -0.39 is 0 Å². The van der Waals surface area contributed by atoms with Crippen molar-refractivity contribution in [3.8, 4) is 10.6 Å². The molecule has 0 spiro atoms. The second-order valence-corrected chi connectivity index (χ2v) is 7.46. The Morgan fingerprint density at radius 2 is 2.05 bits per heavy atom. The van der Waals surface area contributed by atoms with Crippen LogP contribution in [0, 0.1) is 0 Å². The third-order valence-electron chi connectivity index (χ3n) is 2.62. The average Bonchev–Trinajstić information content (AvgIpc) is 3.17. The third-order valence-corrected chi connectivity index (χ3v) is 5.46. The number of nitrogens with one attached hydrogen (secondary N) is 1. The van der Waals surface area contributed by atoms with Gasteiger partial charge in [-0.1, -0.05) is 22.9 Å². The number of benzene rings is 1. The maximum Gasteiger partial charge on any atom is 0.236 e. The number of amides is 1. The van der Waals surface area contributed by atoms with Gasteiger partial charge in [-0.25, -0.2) is 0 Å². The highest BCUT2D eigenvalue weighted by atomic mass is 35.5. The molecule has 112 valence electrons. The monoisotopic (exact) mass is 367 g/mol. The molecule has 0 aliphatic carbocycles. The fraction of sp³-hybridized carbons (Fsp3) is 0.0714. The van der Waals surface area contributed by atoms with Gasteiger partial charge >= 0.3 is 0 Å². The number of carbonyl (C=O) groups excluding carboxylic acids is 1. The SMILES string of the molecule is O=C(CSc1ccc(Cl)cc1)Nc1nnc(-c2ccsc2)s1. The molecule has 0 aliphatic rings. The van der Waals surface area contributed by atoms with Crippen LogP contribution >= 0.6 is 46.0 Å². The third kappa shape index (κ3) is 4.07. The second-order valence-electron chi connectivity index (χ2n) is 4.22. The lowest BCUT2D eigenvalue weighted by molar-refractivity contribution is -0.113. The molecule has 0 bridgehead atoms. The van der Waals surface area contributed by atoms with Crippen LogP contribution in [0.25, 0.3) is 10.6 Å². The van der Waals surface area contributed by atoms with Crippen LogP contribution in [-0.2, 0) is 4.79 Å². The number of hydrogen-bond donors (Lipinski definition) is 1. The molecule has 0 atom stereocenters. The largest absolute Gasteiger partial charge is 0.300 e. The van der Waals surface area contributed by atoms with E-state index in [1.54, 1.807) is 23.5 Å². The van der Waals surface area contributed by atoms with Crippen molar-refractivity contribution in [2.75, 3.05) is 11.1 Å². The number of aromatic nitrogens is 2. The van der Waals surface area contributed by atoms with Gasteiger partial charge < -0.3 is 0 Å². The molecule has 0 aliphatic heterocycles. The topological polar surface area (TPSA) is 54.9 Å². The first-order valence-corrected chi connectivity index (χ1v) is 9.37. The molecule has 22 heavy (non-hydrogen) atoms. The van der Waals surface area contributed by atoms with Gasteiger partial charge in [0.25, 0.3) is 0 Å². The molecule has 0 saturated carbocycles. The normalized spacial score (nSPS) is 10.6. The van der Waals surface area contributed by atoms with Crippen LogP contribution in [0.1, 0.15) is 0 Å². The number of anilines is 1. The lowest BCUT2D eigenvalue weighted by atomic mass is 10.4. The molecule has 0 unspecified atom stereocenters. The molecule has 0 saturated heterocycles. The van der Waals surface area contributed by atoms with Crippen LogP contribution < -0.4 is 5.32 Å². The van der Waals surface area contributed by atoms with Gasteiger partial charge in [0.05, 0.1) is 5.75 Å². The average molecular weight is 368 g/mol. The van der Waals surface area contributed by atoms with E-state index in [-0.39, 0.29) is 5.91 Å². The van der Waals surface area contributed by atoms with Crippen molar-refractivity contribution >= 4 is 57.1 Å². The Labute approximate surface area is 144 Å². The highest BCUT2D eigenvalue weighted by Gasteiger charge is 2.10. The molecule has 8 heteroatoms. The number of thioether (sulfide) groups is 1. The lowest BCUT2D eigenvalue weighted by Gasteiger charge is -2.01. The van der Waals surface area contributed by atoms with Crippen molar-refractivity contribution in [1.29, 1.82) is 0 Å². The first-order chi connectivity index (χ1) is 10.7. The zero-order valence-corrected chi connectivity index (χ0v) is 14.4. The summed E-state index contributed by atoms with van der Waals surface area (Å²) >= 11 is 10.2. The first kappa shape index (κ1) is 15.5. The summed E-state index contributed by atoms with van der Waals surface area (Å²) in [6.45, 7) is 0. The minimum Gasteiger partial charge on any atom is -0.300 e. The van der Waals surface area contributed by atoms with Crippen LogP contribution in [0.5, 0.6) is 0 Å². The van der Waals surface area contributed by atoms with E-state index in [9.17, 15) is 4.79 Å². The number of carbonyl (C=O) groups is 1. The molecule has 2 heterocycles. The van der Waals surface area contributed by atoms with Crippen molar-refractivity contribution in [2.24, 2.45) is 0 Å². The Bertz CT molecular complexity index is 756. The van der Waals surface area contributed by atoms with Crippen LogP contribution in [0.15, 0.2) is 46.0 Å². The smallest absolute Gasteiger partial charge is 0.236 e. The number of thiophene rings is 1. The Morgan fingerprint density at radius 3 is 2.77 bits per heavy atom. The van der Waals surface area contributed by atoms with Crippen molar-refractivity contribution in [3.05, 3.63) is 46.1 Å². The summed E-state index contributed by atoms with van der Waals surface area (Å²) in [6, 6.07) is 9.37. The van der Waals surface area contributed by atoms with Gasteiger partial charge in [0.2, 0.25) is 11.0 Å². The van der Waals surface area contributed by atoms with Gasteiger partial charge in [-0.2, -0.15) is 11.3 Å². The quantitative estimate of drug-likeness (QED) is 0.667. The van der Waals surface area contributed by atoms with Crippen LogP contribution in [0.3, 0.4) is 0 Å². The molecular weight excluding hydrogens is 358 g/mol. The highest BCUT2D eigenvalue weighted by molar-refractivity contribution is 8.00. The van der Waals surface area contributed by atoms with Crippen LogP contribution in [0.4, 0.5) is 5.13 Å². The van der Waals surface area contributed by atoms with Crippen molar-refractivity contribution in [1.82, 2.24) is 10.2 Å². The van der Waals surface area contributed by atoms with E-state index in [4.69, 9.17) is 11.6 Å². The lowest BCUT2D eigenvalue weighted by Crippen LogP contribution is -2.13. The Morgan fingerprint density at radius 1 is 1.23 bits per heavy atom. The van der Waals surface area contributed by atoms with E-state index in [2.05, 4.69) is 15.5 Å². The van der Waals surface area contributed by atoms with Gasteiger partial charge in [0.1, 0.15) is 5.01 Å². The summed E-state index contributed by atoms with van der Waals surface area (Å²) in [4.78, 5) is 12.9. The van der Waals surface area contributed by atoms with Crippen LogP contribution in [0.2, 0.25) is 5.02 Å². The molecule has 3 rings (SSSR count). The first-order valence-electron chi connectivity index (χ1n) is 6.25. The summed E-state index contributed by atoms with van der Waals surface area (Å²) in [5, 5.41) is 16.8. The summed E-state index contributed by atoms with van der Waals surface area (Å²) in [6.07, 6.45) is 0. The second kappa shape index (κ2) is 7.23. The minimum absolute atomic E-state index is 0.104. The number of hydrogen-bond acceptors (Lipinski definition) is 6. The van der Waals surface area contributed by atoms with Gasteiger partial charge in [-0.15, -0.1) is 22.0 Å². The van der Waals surface area contributed by atoms with Gasteiger partial charge in [-0.3, -0.25) is 10.1 Å². The Kier molecular flexibility index (Phi) is 5.09. The summed E-state index contributed by atoms with van der Waals surface area (Å²) in [5.41, 5.74) is 1.03. The minimum atomic E-state index is -0.104. The van der Waals surface area contributed by atoms with Crippen LogP contribution in [-0.4, -0.2) is 21.9 Å². The van der Waals surface area contributed by atoms with E-state index in [1.165, 1.54) is 23.1 Å². The molecule has 1 amide bonds. The van der Waals surface area contributed by atoms with Crippen molar-refractivity contribution < 1.29 is 4.79 Å². The van der Waals surface area contributed by atoms with Gasteiger partial charge in [-0.05, 0) is 35.7 Å². The van der Waals surface area contributed by atoms with Gasteiger partial charge in [0.15, 0.2) is 0 Å². The Hall–Kier alpha value is -1.41. The van der Waals surface area contributed by atoms with E-state index in [0.717, 1.165) is 15.5 Å². The molecular formula is C14H10ClN3OS3. The number of halogens is 1. The zero-order chi connectivity index (χ0) is 15.4. The molecule has 1 N–H and O–H groups in total. The predicted molar refractivity (Wildman–Crippen MR) is 94.0 cm³/mol. The molecule has 3 aromatic rings. The fourth-order valence-corrected chi connectivity index (χ4v) is 3.91. The van der Waals surface area contributed by atoms with E-state index in [1.807, 2.05) is 29.0 Å². The van der Waals surface area contributed by atoms with E-state index >= 15 is 0 Å². The predicted octanol–water partition coefficient (Wildman–Crippen LogP) is 4.65. The molecule has 0 radical (unpaired) electrons. The van der Waals surface area contributed by atoms with E-state index in [0.29, 0.717) is 15.9 Å². The van der Waals surface area contributed by atoms with Gasteiger partial charge in [0, 0.05) is 20.9 Å². The molecule has 4 nitrogen and oxygen atoms in total. The number of rotatable bonds is 5. The van der Waals surface area contributed by atoms with Crippen molar-refractivity contribution in [2.45, 2.75) is 4.90 Å². The highest BCUT2D eigenvalue weighted by Crippen LogP contribution is 2.28. The molecule has 0 fully saturated rings. The molecule has 1 aromatic carbocycles. The number of nitrogens with zero attached hydrogens (tertiary/aromatic N) is 2.